The average Bonchev–Trinajstić information content (AvgIpc) is 2.24. The molecule has 3 N–H and O–H groups in total. The summed E-state index contributed by atoms with van der Waals surface area (Å²) in [5.74, 6) is 1.39. The number of hydrogen-bond acceptors (Lipinski definition) is 4. The third-order valence-electron chi connectivity index (χ3n) is 2.91. The second-order valence-electron chi connectivity index (χ2n) is 5.21. The van der Waals surface area contributed by atoms with Crippen LogP contribution in [-0.4, -0.2) is 16.0 Å². The summed E-state index contributed by atoms with van der Waals surface area (Å²) in [7, 11) is 0. The molecule has 0 aliphatic carbocycles. The topological polar surface area (TPSA) is 63.8 Å². The minimum atomic E-state index is 0.235. The van der Waals surface area contributed by atoms with E-state index in [0.29, 0.717) is 23.2 Å². The van der Waals surface area contributed by atoms with Crippen molar-refractivity contribution in [1.82, 2.24) is 9.97 Å². The first kappa shape index (κ1) is 15.0. The lowest BCUT2D eigenvalue weighted by Gasteiger charge is -2.17. The van der Waals surface area contributed by atoms with Crippen molar-refractivity contribution < 1.29 is 0 Å². The van der Waals surface area contributed by atoms with Gasteiger partial charge in [-0.25, -0.2) is 4.98 Å². The fraction of sp³-hybridized carbons (Fsp3) is 0.692. The van der Waals surface area contributed by atoms with Gasteiger partial charge in [-0.05, 0) is 37.8 Å². The van der Waals surface area contributed by atoms with Crippen molar-refractivity contribution in [3.63, 3.8) is 0 Å². The highest BCUT2D eigenvalue weighted by Gasteiger charge is 2.10. The summed E-state index contributed by atoms with van der Waals surface area (Å²) in [6.45, 7) is 8.44. The fourth-order valence-corrected chi connectivity index (χ4v) is 2.01. The lowest BCUT2D eigenvalue weighted by atomic mass is 10.0. The van der Waals surface area contributed by atoms with E-state index < -0.39 is 0 Å². The van der Waals surface area contributed by atoms with E-state index in [2.05, 4.69) is 36.1 Å². The zero-order chi connectivity index (χ0) is 13.7. The van der Waals surface area contributed by atoms with Crippen LogP contribution in [0.25, 0.3) is 0 Å². The molecular weight excluding hydrogens is 248 g/mol. The van der Waals surface area contributed by atoms with Crippen LogP contribution in [0.2, 0.25) is 5.28 Å². The highest BCUT2D eigenvalue weighted by Crippen LogP contribution is 2.22. The van der Waals surface area contributed by atoms with Crippen LogP contribution >= 0.6 is 11.6 Å². The molecule has 0 aliphatic heterocycles. The summed E-state index contributed by atoms with van der Waals surface area (Å²) in [5, 5.41) is 3.54. The minimum Gasteiger partial charge on any atom is -0.394 e. The van der Waals surface area contributed by atoms with E-state index in [1.807, 2.05) is 6.92 Å². The molecule has 0 radical (unpaired) electrons. The van der Waals surface area contributed by atoms with Gasteiger partial charge in [0, 0.05) is 6.04 Å². The molecule has 102 valence electrons. The number of anilines is 2. The molecule has 1 atom stereocenters. The van der Waals surface area contributed by atoms with E-state index in [0.717, 1.165) is 12.3 Å². The van der Waals surface area contributed by atoms with Gasteiger partial charge in [0.15, 0.2) is 5.82 Å². The maximum atomic E-state index is 5.93. The van der Waals surface area contributed by atoms with Crippen molar-refractivity contribution in [3.05, 3.63) is 11.0 Å². The smallest absolute Gasteiger partial charge is 0.224 e. The Labute approximate surface area is 114 Å². The van der Waals surface area contributed by atoms with Gasteiger partial charge in [0.2, 0.25) is 5.28 Å². The summed E-state index contributed by atoms with van der Waals surface area (Å²) in [5.41, 5.74) is 7.22. The van der Waals surface area contributed by atoms with Crippen LogP contribution in [-0.2, 0) is 0 Å². The van der Waals surface area contributed by atoms with Gasteiger partial charge < -0.3 is 11.1 Å². The van der Waals surface area contributed by atoms with Crippen molar-refractivity contribution >= 4 is 23.1 Å². The van der Waals surface area contributed by atoms with Crippen LogP contribution in [0.5, 0.6) is 0 Å². The molecule has 0 amide bonds. The predicted octanol–water partition coefficient (Wildman–Crippen LogP) is 3.65. The van der Waals surface area contributed by atoms with Crippen LogP contribution in [0.15, 0.2) is 0 Å². The molecule has 0 saturated carbocycles. The molecule has 1 aromatic rings. The molecule has 1 aromatic heterocycles. The Morgan fingerprint density at radius 1 is 1.22 bits per heavy atom. The maximum Gasteiger partial charge on any atom is 0.224 e. The highest BCUT2D eigenvalue weighted by atomic mass is 35.5. The third kappa shape index (κ3) is 4.69. The van der Waals surface area contributed by atoms with Crippen LogP contribution in [0, 0.1) is 12.8 Å². The Balaban J connectivity index is 2.56. The molecule has 0 aliphatic rings. The number of nitrogens with one attached hydrogen (secondary N) is 1. The molecule has 18 heavy (non-hydrogen) atoms. The number of hydrogen-bond donors (Lipinski definition) is 2. The number of nitrogens with zero attached hydrogens (tertiary/aromatic N) is 2. The molecule has 1 heterocycles. The van der Waals surface area contributed by atoms with Gasteiger partial charge in [0.05, 0.1) is 11.4 Å². The van der Waals surface area contributed by atoms with E-state index in [1.165, 1.54) is 12.8 Å². The Bertz CT molecular complexity index is 393. The summed E-state index contributed by atoms with van der Waals surface area (Å²) in [4.78, 5) is 8.15. The van der Waals surface area contributed by atoms with Crippen molar-refractivity contribution in [2.75, 3.05) is 11.1 Å². The zero-order valence-corrected chi connectivity index (χ0v) is 12.4. The molecule has 1 unspecified atom stereocenters. The Morgan fingerprint density at radius 3 is 2.50 bits per heavy atom. The van der Waals surface area contributed by atoms with Gasteiger partial charge in [-0.2, -0.15) is 4.98 Å². The molecule has 1 rings (SSSR count). The van der Waals surface area contributed by atoms with Crippen molar-refractivity contribution in [3.8, 4) is 0 Å². The monoisotopic (exact) mass is 270 g/mol. The van der Waals surface area contributed by atoms with Crippen molar-refractivity contribution in [1.29, 1.82) is 0 Å². The summed E-state index contributed by atoms with van der Waals surface area (Å²) >= 11 is 5.83. The third-order valence-corrected chi connectivity index (χ3v) is 3.08. The van der Waals surface area contributed by atoms with Crippen molar-refractivity contribution in [2.24, 2.45) is 5.92 Å². The summed E-state index contributed by atoms with van der Waals surface area (Å²) < 4.78 is 0. The molecule has 0 saturated heterocycles. The van der Waals surface area contributed by atoms with Gasteiger partial charge in [-0.1, -0.05) is 26.7 Å². The molecule has 0 fully saturated rings. The highest BCUT2D eigenvalue weighted by molar-refractivity contribution is 6.28. The first-order chi connectivity index (χ1) is 8.40. The number of nitrogens with two attached hydrogens (primary N) is 1. The van der Waals surface area contributed by atoms with Crippen molar-refractivity contribution in [2.45, 2.75) is 53.0 Å². The number of aryl methyl sites for hydroxylation is 1. The summed E-state index contributed by atoms with van der Waals surface area (Å²) in [6, 6.07) is 0.330. The molecular formula is C13H23ClN4. The molecule has 0 spiro atoms. The lowest BCUT2D eigenvalue weighted by molar-refractivity contribution is 0.520. The van der Waals surface area contributed by atoms with Crippen LogP contribution in [0.4, 0.5) is 11.5 Å². The average molecular weight is 271 g/mol. The number of aromatic nitrogens is 2. The van der Waals surface area contributed by atoms with Gasteiger partial charge in [0.1, 0.15) is 0 Å². The van der Waals surface area contributed by atoms with Gasteiger partial charge >= 0.3 is 0 Å². The molecule has 0 aromatic carbocycles. The van der Waals surface area contributed by atoms with E-state index in [4.69, 9.17) is 17.3 Å². The summed E-state index contributed by atoms with van der Waals surface area (Å²) in [6.07, 6.45) is 3.53. The number of halogens is 1. The van der Waals surface area contributed by atoms with Gasteiger partial charge in [0.25, 0.3) is 0 Å². The Morgan fingerprint density at radius 2 is 1.89 bits per heavy atom. The normalized spacial score (nSPS) is 12.8. The van der Waals surface area contributed by atoms with Crippen LogP contribution < -0.4 is 11.1 Å². The molecule has 5 heteroatoms. The maximum absolute atomic E-state index is 5.93. The second kappa shape index (κ2) is 6.78. The van der Waals surface area contributed by atoms with Gasteiger partial charge in [-0.3, -0.25) is 0 Å². The Kier molecular flexibility index (Phi) is 5.66. The number of rotatable bonds is 6. The van der Waals surface area contributed by atoms with E-state index in [-0.39, 0.29) is 5.28 Å². The SMILES string of the molecule is Cc1nc(Cl)nc(NC(C)CCCC(C)C)c1N. The number of nitrogen functional groups attached to an aromatic ring is 1. The first-order valence-corrected chi connectivity index (χ1v) is 6.84. The van der Waals surface area contributed by atoms with E-state index >= 15 is 0 Å². The fourth-order valence-electron chi connectivity index (χ4n) is 1.80. The Hall–Kier alpha value is -1.03. The first-order valence-electron chi connectivity index (χ1n) is 6.46. The predicted molar refractivity (Wildman–Crippen MR) is 78.0 cm³/mol. The van der Waals surface area contributed by atoms with E-state index in [9.17, 15) is 0 Å². The van der Waals surface area contributed by atoms with E-state index in [1.54, 1.807) is 0 Å². The lowest BCUT2D eigenvalue weighted by Crippen LogP contribution is -2.18. The largest absolute Gasteiger partial charge is 0.394 e. The minimum absolute atomic E-state index is 0.235. The van der Waals surface area contributed by atoms with Gasteiger partial charge in [-0.15, -0.1) is 0 Å². The quantitative estimate of drug-likeness (QED) is 0.775. The van der Waals surface area contributed by atoms with Crippen LogP contribution in [0.3, 0.4) is 0 Å². The van der Waals surface area contributed by atoms with Crippen LogP contribution in [0.1, 0.15) is 45.7 Å². The standard InChI is InChI=1S/C13H23ClN4/c1-8(2)6-5-7-9(3)16-12-11(15)10(4)17-13(14)18-12/h8-9H,5-7,15H2,1-4H3,(H,16,17,18). The molecule has 0 bridgehead atoms. The zero-order valence-electron chi connectivity index (χ0n) is 11.6. The second-order valence-corrected chi connectivity index (χ2v) is 5.55. The molecule has 4 nitrogen and oxygen atoms in total.